The third kappa shape index (κ3) is 3.08. The predicted octanol–water partition coefficient (Wildman–Crippen LogP) is 2.30. The summed E-state index contributed by atoms with van der Waals surface area (Å²) in [7, 11) is 0. The summed E-state index contributed by atoms with van der Waals surface area (Å²) in [6.45, 7) is 5.14. The molecule has 1 saturated heterocycles. The summed E-state index contributed by atoms with van der Waals surface area (Å²) in [6, 6.07) is 6.66. The Bertz CT molecular complexity index is 322. The average Bonchev–Trinajstić information content (AvgIpc) is 2.23. The molecule has 15 heavy (non-hydrogen) atoms. The maximum absolute atomic E-state index is 5.98. The first-order valence-corrected chi connectivity index (χ1v) is 5.35. The van der Waals surface area contributed by atoms with Crippen molar-refractivity contribution >= 4 is 24.0 Å². The van der Waals surface area contributed by atoms with Crippen molar-refractivity contribution in [3.63, 3.8) is 0 Å². The fourth-order valence-corrected chi connectivity index (χ4v) is 1.89. The van der Waals surface area contributed by atoms with Gasteiger partial charge in [0.15, 0.2) is 0 Å². The number of aryl methyl sites for hydroxylation is 1. The molecule has 84 valence electrons. The second-order valence-corrected chi connectivity index (χ2v) is 4.13. The Morgan fingerprint density at radius 2 is 2.13 bits per heavy atom. The van der Waals surface area contributed by atoms with Gasteiger partial charge in [0.05, 0.1) is 0 Å². The van der Waals surface area contributed by atoms with Crippen LogP contribution in [0.3, 0.4) is 0 Å². The van der Waals surface area contributed by atoms with Crippen molar-refractivity contribution in [1.82, 2.24) is 10.6 Å². The standard InChI is InChI=1S/C11H15ClN2.ClH/c1-8-6-9(2-3-10(8)12)11-7-13-4-5-14-11;/h2-3,6,11,13-14H,4-5,7H2,1H3;1H/t11-;/m0./s1. The molecule has 4 heteroatoms. The minimum atomic E-state index is 0. The van der Waals surface area contributed by atoms with Crippen LogP contribution in [0.2, 0.25) is 5.02 Å². The number of halogens is 2. The van der Waals surface area contributed by atoms with Crippen molar-refractivity contribution in [2.75, 3.05) is 19.6 Å². The highest BCUT2D eigenvalue weighted by molar-refractivity contribution is 6.31. The number of piperazine rings is 1. The smallest absolute Gasteiger partial charge is 0.0447 e. The second-order valence-electron chi connectivity index (χ2n) is 3.72. The molecular formula is C11H16Cl2N2. The first-order valence-electron chi connectivity index (χ1n) is 4.97. The fraction of sp³-hybridized carbons (Fsp3) is 0.455. The van der Waals surface area contributed by atoms with Gasteiger partial charge in [0, 0.05) is 30.7 Å². The molecule has 0 bridgehead atoms. The fourth-order valence-electron chi connectivity index (χ4n) is 1.77. The van der Waals surface area contributed by atoms with Crippen LogP contribution in [0.15, 0.2) is 18.2 Å². The van der Waals surface area contributed by atoms with Crippen LogP contribution in [0.25, 0.3) is 0 Å². The molecule has 1 aliphatic rings. The van der Waals surface area contributed by atoms with E-state index in [4.69, 9.17) is 11.6 Å². The number of benzene rings is 1. The number of nitrogens with one attached hydrogen (secondary N) is 2. The summed E-state index contributed by atoms with van der Waals surface area (Å²) in [5.41, 5.74) is 2.47. The monoisotopic (exact) mass is 246 g/mol. The van der Waals surface area contributed by atoms with Crippen LogP contribution in [0.4, 0.5) is 0 Å². The van der Waals surface area contributed by atoms with E-state index in [-0.39, 0.29) is 12.4 Å². The molecule has 0 saturated carbocycles. The zero-order chi connectivity index (χ0) is 9.97. The molecule has 2 nitrogen and oxygen atoms in total. The van der Waals surface area contributed by atoms with Gasteiger partial charge in [-0.1, -0.05) is 23.7 Å². The minimum absolute atomic E-state index is 0. The first kappa shape index (κ1) is 12.8. The summed E-state index contributed by atoms with van der Waals surface area (Å²) in [5.74, 6) is 0. The highest BCUT2D eigenvalue weighted by atomic mass is 35.5. The predicted molar refractivity (Wildman–Crippen MR) is 67.1 cm³/mol. The number of hydrogen-bond donors (Lipinski definition) is 2. The lowest BCUT2D eigenvalue weighted by Crippen LogP contribution is -2.42. The Morgan fingerprint density at radius 1 is 1.33 bits per heavy atom. The van der Waals surface area contributed by atoms with Crippen molar-refractivity contribution in [2.45, 2.75) is 13.0 Å². The molecular weight excluding hydrogens is 231 g/mol. The van der Waals surface area contributed by atoms with Gasteiger partial charge in [0.1, 0.15) is 0 Å². The zero-order valence-electron chi connectivity index (χ0n) is 8.72. The maximum Gasteiger partial charge on any atom is 0.0447 e. The van der Waals surface area contributed by atoms with E-state index < -0.39 is 0 Å². The molecule has 0 amide bonds. The van der Waals surface area contributed by atoms with E-state index in [9.17, 15) is 0 Å². The van der Waals surface area contributed by atoms with Crippen molar-refractivity contribution in [3.05, 3.63) is 34.3 Å². The van der Waals surface area contributed by atoms with E-state index in [0.29, 0.717) is 6.04 Å². The quantitative estimate of drug-likeness (QED) is 0.795. The summed E-state index contributed by atoms with van der Waals surface area (Å²) in [6.07, 6.45) is 0. The van der Waals surface area contributed by atoms with Crippen LogP contribution >= 0.6 is 24.0 Å². The van der Waals surface area contributed by atoms with Gasteiger partial charge in [-0.2, -0.15) is 0 Å². The summed E-state index contributed by atoms with van der Waals surface area (Å²) < 4.78 is 0. The van der Waals surface area contributed by atoms with Crippen LogP contribution in [0.5, 0.6) is 0 Å². The van der Waals surface area contributed by atoms with Crippen LogP contribution in [-0.4, -0.2) is 19.6 Å². The average molecular weight is 247 g/mol. The van der Waals surface area contributed by atoms with E-state index in [1.807, 2.05) is 13.0 Å². The molecule has 0 unspecified atom stereocenters. The van der Waals surface area contributed by atoms with Crippen LogP contribution in [0.1, 0.15) is 17.2 Å². The van der Waals surface area contributed by atoms with Crippen molar-refractivity contribution in [3.8, 4) is 0 Å². The number of hydrogen-bond acceptors (Lipinski definition) is 2. The first-order chi connectivity index (χ1) is 6.77. The SMILES string of the molecule is Cc1cc([C@@H]2CNCCN2)ccc1Cl.Cl. The Labute approximate surface area is 102 Å². The van der Waals surface area contributed by atoms with Crippen LogP contribution < -0.4 is 10.6 Å². The maximum atomic E-state index is 5.98. The molecule has 1 atom stereocenters. The lowest BCUT2D eigenvalue weighted by Gasteiger charge is -2.25. The molecule has 1 fully saturated rings. The van der Waals surface area contributed by atoms with Gasteiger partial charge in [0.2, 0.25) is 0 Å². The van der Waals surface area contributed by atoms with E-state index >= 15 is 0 Å². The van der Waals surface area contributed by atoms with E-state index in [1.165, 1.54) is 5.56 Å². The zero-order valence-corrected chi connectivity index (χ0v) is 10.3. The Kier molecular flexibility index (Phi) is 4.87. The molecule has 0 aromatic heterocycles. The van der Waals surface area contributed by atoms with Gasteiger partial charge in [0.25, 0.3) is 0 Å². The third-order valence-corrected chi connectivity index (χ3v) is 3.05. The van der Waals surface area contributed by atoms with Gasteiger partial charge in [-0.25, -0.2) is 0 Å². The second kappa shape index (κ2) is 5.71. The Balaban J connectivity index is 0.00000112. The molecule has 2 N–H and O–H groups in total. The molecule has 1 aliphatic heterocycles. The molecule has 1 aromatic carbocycles. The molecule has 0 aliphatic carbocycles. The van der Waals surface area contributed by atoms with Gasteiger partial charge in [-0.3, -0.25) is 0 Å². The highest BCUT2D eigenvalue weighted by Crippen LogP contribution is 2.21. The Hall–Kier alpha value is -0.280. The molecule has 1 aromatic rings. The largest absolute Gasteiger partial charge is 0.314 e. The minimum Gasteiger partial charge on any atom is -0.314 e. The normalized spacial score (nSPS) is 20.8. The molecule has 2 rings (SSSR count). The summed E-state index contributed by atoms with van der Waals surface area (Å²) >= 11 is 5.98. The van der Waals surface area contributed by atoms with E-state index in [1.54, 1.807) is 0 Å². The molecule has 0 spiro atoms. The van der Waals surface area contributed by atoms with Crippen molar-refractivity contribution in [1.29, 1.82) is 0 Å². The van der Waals surface area contributed by atoms with Gasteiger partial charge < -0.3 is 10.6 Å². The lowest BCUT2D eigenvalue weighted by molar-refractivity contribution is 0.430. The third-order valence-electron chi connectivity index (χ3n) is 2.63. The lowest BCUT2D eigenvalue weighted by atomic mass is 10.0. The summed E-state index contributed by atoms with van der Waals surface area (Å²) in [4.78, 5) is 0. The van der Waals surface area contributed by atoms with E-state index in [0.717, 1.165) is 30.2 Å². The Morgan fingerprint density at radius 3 is 2.73 bits per heavy atom. The summed E-state index contributed by atoms with van der Waals surface area (Å²) in [5, 5.41) is 7.69. The van der Waals surface area contributed by atoms with Crippen LogP contribution in [-0.2, 0) is 0 Å². The highest BCUT2D eigenvalue weighted by Gasteiger charge is 2.14. The van der Waals surface area contributed by atoms with Crippen LogP contribution in [0, 0.1) is 6.92 Å². The topological polar surface area (TPSA) is 24.1 Å². The van der Waals surface area contributed by atoms with Gasteiger partial charge >= 0.3 is 0 Å². The van der Waals surface area contributed by atoms with Gasteiger partial charge in [-0.05, 0) is 24.1 Å². The molecule has 0 radical (unpaired) electrons. The van der Waals surface area contributed by atoms with E-state index in [2.05, 4.69) is 22.8 Å². The van der Waals surface area contributed by atoms with Crippen molar-refractivity contribution in [2.24, 2.45) is 0 Å². The van der Waals surface area contributed by atoms with Gasteiger partial charge in [-0.15, -0.1) is 12.4 Å². The molecule has 1 heterocycles. The number of rotatable bonds is 1. The van der Waals surface area contributed by atoms with Crippen molar-refractivity contribution < 1.29 is 0 Å².